The van der Waals surface area contributed by atoms with Gasteiger partial charge >= 0.3 is 0 Å². The standard InChI is InChI=1S/C10H17NO/c1-10(2)6-11(7-10)8-4-3-5-9(8)12/h8H,3-7H2,1-2H3. The van der Waals surface area contributed by atoms with E-state index in [0.717, 1.165) is 32.4 Å². The van der Waals surface area contributed by atoms with Gasteiger partial charge in [-0.3, -0.25) is 9.69 Å². The van der Waals surface area contributed by atoms with Crippen molar-refractivity contribution in [2.24, 2.45) is 5.41 Å². The number of carbonyl (C=O) groups excluding carboxylic acids is 1. The van der Waals surface area contributed by atoms with Crippen molar-refractivity contribution in [3.8, 4) is 0 Å². The Kier molecular flexibility index (Phi) is 1.76. The Balaban J connectivity index is 1.92. The first-order valence-corrected chi connectivity index (χ1v) is 4.85. The predicted octanol–water partition coefficient (Wildman–Crippen LogP) is 1.45. The van der Waals surface area contributed by atoms with E-state index >= 15 is 0 Å². The van der Waals surface area contributed by atoms with Gasteiger partial charge in [-0.25, -0.2) is 0 Å². The third-order valence-corrected chi connectivity index (χ3v) is 2.98. The Morgan fingerprint density at radius 3 is 2.50 bits per heavy atom. The number of hydrogen-bond acceptors (Lipinski definition) is 2. The molecular formula is C10H17NO. The number of Topliss-reactive ketones (excluding diaryl/α,β-unsaturated/α-hetero) is 1. The van der Waals surface area contributed by atoms with Crippen LogP contribution in [0.4, 0.5) is 0 Å². The number of rotatable bonds is 1. The van der Waals surface area contributed by atoms with Crippen LogP contribution in [0.1, 0.15) is 33.1 Å². The molecule has 1 saturated carbocycles. The Labute approximate surface area is 73.9 Å². The van der Waals surface area contributed by atoms with E-state index in [-0.39, 0.29) is 6.04 Å². The fourth-order valence-corrected chi connectivity index (χ4v) is 2.46. The zero-order valence-corrected chi connectivity index (χ0v) is 7.97. The van der Waals surface area contributed by atoms with Gasteiger partial charge in [-0.05, 0) is 18.3 Å². The van der Waals surface area contributed by atoms with Gasteiger partial charge in [-0.15, -0.1) is 0 Å². The van der Waals surface area contributed by atoms with Gasteiger partial charge in [0.25, 0.3) is 0 Å². The quantitative estimate of drug-likeness (QED) is 0.589. The predicted molar refractivity (Wildman–Crippen MR) is 48.0 cm³/mol. The maximum absolute atomic E-state index is 11.4. The van der Waals surface area contributed by atoms with Gasteiger partial charge < -0.3 is 0 Å². The summed E-state index contributed by atoms with van der Waals surface area (Å²) < 4.78 is 0. The number of hydrogen-bond donors (Lipinski definition) is 0. The molecule has 0 spiro atoms. The lowest BCUT2D eigenvalue weighted by Crippen LogP contribution is -2.58. The lowest BCUT2D eigenvalue weighted by Gasteiger charge is -2.48. The van der Waals surface area contributed by atoms with Crippen LogP contribution in [0.5, 0.6) is 0 Å². The Hall–Kier alpha value is -0.370. The topological polar surface area (TPSA) is 20.3 Å². The van der Waals surface area contributed by atoms with E-state index in [2.05, 4.69) is 18.7 Å². The van der Waals surface area contributed by atoms with Crippen LogP contribution < -0.4 is 0 Å². The second kappa shape index (κ2) is 2.56. The molecule has 0 amide bonds. The monoisotopic (exact) mass is 167 g/mol. The number of carbonyl (C=O) groups is 1. The van der Waals surface area contributed by atoms with E-state index in [1.807, 2.05) is 0 Å². The summed E-state index contributed by atoms with van der Waals surface area (Å²) in [5, 5.41) is 0. The van der Waals surface area contributed by atoms with Crippen LogP contribution in [0.3, 0.4) is 0 Å². The van der Waals surface area contributed by atoms with Crippen molar-refractivity contribution in [1.82, 2.24) is 4.90 Å². The highest BCUT2D eigenvalue weighted by atomic mass is 16.1. The largest absolute Gasteiger partial charge is 0.298 e. The van der Waals surface area contributed by atoms with Gasteiger partial charge in [-0.1, -0.05) is 13.8 Å². The van der Waals surface area contributed by atoms with Crippen LogP contribution in [0.15, 0.2) is 0 Å². The third kappa shape index (κ3) is 1.28. The summed E-state index contributed by atoms with van der Waals surface area (Å²) in [6, 6.07) is 0.290. The molecule has 2 aliphatic rings. The van der Waals surface area contributed by atoms with Crippen LogP contribution in [0, 0.1) is 5.41 Å². The molecule has 0 radical (unpaired) electrons. The van der Waals surface area contributed by atoms with E-state index in [0.29, 0.717) is 11.2 Å². The fourth-order valence-electron chi connectivity index (χ4n) is 2.46. The lowest BCUT2D eigenvalue weighted by atomic mass is 9.83. The van der Waals surface area contributed by atoms with Gasteiger partial charge in [0.1, 0.15) is 5.78 Å². The molecule has 68 valence electrons. The molecule has 0 aromatic heterocycles. The second-order valence-corrected chi connectivity index (χ2v) is 4.94. The normalized spacial score (nSPS) is 35.2. The van der Waals surface area contributed by atoms with Crippen LogP contribution in [0.25, 0.3) is 0 Å². The lowest BCUT2D eigenvalue weighted by molar-refractivity contribution is -0.126. The summed E-state index contributed by atoms with van der Waals surface area (Å²) in [4.78, 5) is 13.7. The molecule has 1 heterocycles. The van der Waals surface area contributed by atoms with Gasteiger partial charge in [0.15, 0.2) is 0 Å². The van der Waals surface area contributed by atoms with Crippen molar-refractivity contribution >= 4 is 5.78 Å². The molecule has 2 fully saturated rings. The highest BCUT2D eigenvalue weighted by Gasteiger charge is 2.41. The average molecular weight is 167 g/mol. The summed E-state index contributed by atoms with van der Waals surface area (Å²) in [5.74, 6) is 0.477. The zero-order chi connectivity index (χ0) is 8.77. The van der Waals surface area contributed by atoms with Gasteiger partial charge in [0, 0.05) is 19.5 Å². The van der Waals surface area contributed by atoms with E-state index < -0.39 is 0 Å². The molecule has 1 atom stereocenters. The summed E-state index contributed by atoms with van der Waals surface area (Å²) >= 11 is 0. The first-order chi connectivity index (χ1) is 5.58. The molecule has 1 aliphatic carbocycles. The molecule has 1 unspecified atom stereocenters. The Bertz CT molecular complexity index is 202. The molecule has 0 N–H and O–H groups in total. The number of nitrogens with zero attached hydrogens (tertiary/aromatic N) is 1. The highest BCUT2D eigenvalue weighted by Crippen LogP contribution is 2.34. The minimum Gasteiger partial charge on any atom is -0.298 e. The highest BCUT2D eigenvalue weighted by molar-refractivity contribution is 5.86. The van der Waals surface area contributed by atoms with E-state index in [1.165, 1.54) is 0 Å². The Morgan fingerprint density at radius 1 is 1.42 bits per heavy atom. The molecular weight excluding hydrogens is 150 g/mol. The van der Waals surface area contributed by atoms with E-state index in [4.69, 9.17) is 0 Å². The van der Waals surface area contributed by atoms with Crippen molar-refractivity contribution < 1.29 is 4.79 Å². The second-order valence-electron chi connectivity index (χ2n) is 4.94. The fraction of sp³-hybridized carbons (Fsp3) is 0.900. The smallest absolute Gasteiger partial charge is 0.149 e. The van der Waals surface area contributed by atoms with Crippen LogP contribution in [-0.4, -0.2) is 29.8 Å². The summed E-state index contributed by atoms with van der Waals surface area (Å²) in [7, 11) is 0. The summed E-state index contributed by atoms with van der Waals surface area (Å²) in [5.41, 5.74) is 0.461. The average Bonchev–Trinajstić information content (AvgIpc) is 2.30. The van der Waals surface area contributed by atoms with Crippen LogP contribution in [0.2, 0.25) is 0 Å². The van der Waals surface area contributed by atoms with Crippen molar-refractivity contribution in [2.75, 3.05) is 13.1 Å². The molecule has 1 saturated heterocycles. The van der Waals surface area contributed by atoms with Crippen LogP contribution >= 0.6 is 0 Å². The first-order valence-electron chi connectivity index (χ1n) is 4.85. The minimum atomic E-state index is 0.290. The van der Waals surface area contributed by atoms with Gasteiger partial charge in [0.05, 0.1) is 6.04 Å². The van der Waals surface area contributed by atoms with Crippen molar-refractivity contribution in [3.05, 3.63) is 0 Å². The molecule has 2 rings (SSSR count). The molecule has 2 heteroatoms. The summed E-state index contributed by atoms with van der Waals surface area (Å²) in [6.45, 7) is 6.76. The molecule has 0 aromatic carbocycles. The molecule has 0 aromatic rings. The molecule has 12 heavy (non-hydrogen) atoms. The van der Waals surface area contributed by atoms with Gasteiger partial charge in [-0.2, -0.15) is 0 Å². The van der Waals surface area contributed by atoms with E-state index in [9.17, 15) is 4.79 Å². The maximum Gasteiger partial charge on any atom is 0.149 e. The number of likely N-dealkylation sites (tertiary alicyclic amines) is 1. The Morgan fingerprint density at radius 2 is 2.08 bits per heavy atom. The maximum atomic E-state index is 11.4. The van der Waals surface area contributed by atoms with Crippen molar-refractivity contribution in [2.45, 2.75) is 39.2 Å². The molecule has 1 aliphatic heterocycles. The molecule has 2 nitrogen and oxygen atoms in total. The van der Waals surface area contributed by atoms with E-state index in [1.54, 1.807) is 0 Å². The van der Waals surface area contributed by atoms with Crippen molar-refractivity contribution in [3.63, 3.8) is 0 Å². The zero-order valence-electron chi connectivity index (χ0n) is 7.97. The first kappa shape index (κ1) is 8.24. The SMILES string of the molecule is CC1(C)CN(C2CCCC2=O)C1. The van der Waals surface area contributed by atoms with Crippen molar-refractivity contribution in [1.29, 1.82) is 0 Å². The molecule has 0 bridgehead atoms. The minimum absolute atomic E-state index is 0.290. The van der Waals surface area contributed by atoms with Crippen LogP contribution in [-0.2, 0) is 4.79 Å². The number of ketones is 1. The summed E-state index contributed by atoms with van der Waals surface area (Å²) in [6.07, 6.45) is 3.04. The third-order valence-electron chi connectivity index (χ3n) is 2.98. The van der Waals surface area contributed by atoms with Gasteiger partial charge in [0.2, 0.25) is 0 Å².